The molecular weight excluding hydrogens is 779 g/mol. The van der Waals surface area contributed by atoms with Crippen molar-refractivity contribution >= 4 is 11.9 Å². The molecule has 3 N–H and O–H groups in total. The fourth-order valence-electron chi connectivity index (χ4n) is 8.63. The van der Waals surface area contributed by atoms with Crippen molar-refractivity contribution in [1.82, 2.24) is 5.32 Å². The van der Waals surface area contributed by atoms with Crippen LogP contribution < -0.4 is 5.32 Å². The molecule has 0 spiro atoms. The van der Waals surface area contributed by atoms with Gasteiger partial charge < -0.3 is 20.3 Å². The number of hydrogen-bond donors (Lipinski definition) is 3. The van der Waals surface area contributed by atoms with Gasteiger partial charge in [0.1, 0.15) is 0 Å². The van der Waals surface area contributed by atoms with E-state index in [0.717, 1.165) is 57.8 Å². The molecule has 0 aromatic rings. The molecule has 0 fully saturated rings. The summed E-state index contributed by atoms with van der Waals surface area (Å²) in [6, 6.07) is -0.642. The van der Waals surface area contributed by atoms with Crippen LogP contribution in [0.2, 0.25) is 0 Å². The lowest BCUT2D eigenvalue weighted by molar-refractivity contribution is -0.143. The fraction of sp³-hybridized carbons (Fsp3) is 0.895. The van der Waals surface area contributed by atoms with E-state index < -0.39 is 12.1 Å². The van der Waals surface area contributed by atoms with Gasteiger partial charge in [-0.15, -0.1) is 0 Å². The maximum absolute atomic E-state index is 12.5. The lowest BCUT2D eigenvalue weighted by atomic mass is 10.0. The van der Waals surface area contributed by atoms with E-state index >= 15 is 0 Å². The Kier molecular flexibility index (Phi) is 51.6. The lowest BCUT2D eigenvalue weighted by Crippen LogP contribution is -2.45. The summed E-state index contributed by atoms with van der Waals surface area (Å²) in [7, 11) is 0. The first kappa shape index (κ1) is 61.3. The minimum absolute atomic E-state index is 0.0184. The van der Waals surface area contributed by atoms with Crippen molar-refractivity contribution in [3.63, 3.8) is 0 Å². The van der Waals surface area contributed by atoms with E-state index in [9.17, 15) is 19.8 Å². The average Bonchev–Trinajstić information content (AvgIpc) is 3.28. The molecule has 0 aromatic carbocycles. The maximum Gasteiger partial charge on any atom is 0.305 e. The summed E-state index contributed by atoms with van der Waals surface area (Å²) >= 11 is 0. The summed E-state index contributed by atoms with van der Waals surface area (Å²) in [5.41, 5.74) is 0. The molecule has 0 bridgehead atoms. The Morgan fingerprint density at radius 1 is 0.429 bits per heavy atom. The van der Waals surface area contributed by atoms with Crippen LogP contribution in [0.3, 0.4) is 0 Å². The van der Waals surface area contributed by atoms with Crippen LogP contribution >= 0.6 is 0 Å². The Morgan fingerprint density at radius 2 is 0.746 bits per heavy atom. The zero-order valence-electron chi connectivity index (χ0n) is 42.3. The van der Waals surface area contributed by atoms with Gasteiger partial charge in [0.25, 0.3) is 0 Å². The molecule has 63 heavy (non-hydrogen) atoms. The average molecular weight is 889 g/mol. The van der Waals surface area contributed by atoms with Crippen LogP contribution in [-0.2, 0) is 14.3 Å². The highest BCUT2D eigenvalue weighted by molar-refractivity contribution is 5.76. The maximum atomic E-state index is 12.5. The van der Waals surface area contributed by atoms with E-state index in [1.54, 1.807) is 6.08 Å². The Bertz CT molecular complexity index is 982. The van der Waals surface area contributed by atoms with Gasteiger partial charge in [0.05, 0.1) is 25.4 Å². The molecule has 1 amide bonds. The largest absolute Gasteiger partial charge is 0.466 e. The first-order chi connectivity index (χ1) is 31.0. The second-order valence-corrected chi connectivity index (χ2v) is 19.3. The van der Waals surface area contributed by atoms with Crippen molar-refractivity contribution in [2.75, 3.05) is 13.2 Å². The normalized spacial score (nSPS) is 12.8. The molecule has 6 nitrogen and oxygen atoms in total. The van der Waals surface area contributed by atoms with E-state index in [-0.39, 0.29) is 18.5 Å². The number of allylic oxidation sites excluding steroid dienone is 3. The van der Waals surface area contributed by atoms with Gasteiger partial charge in [0.2, 0.25) is 5.91 Å². The van der Waals surface area contributed by atoms with Crippen LogP contribution in [0.1, 0.15) is 303 Å². The molecule has 372 valence electrons. The highest BCUT2D eigenvalue weighted by atomic mass is 16.5. The molecule has 2 unspecified atom stereocenters. The third-order valence-electron chi connectivity index (χ3n) is 13.0. The molecule has 0 aliphatic heterocycles. The first-order valence-electron chi connectivity index (χ1n) is 28.1. The number of ether oxygens (including phenoxy) is 1. The van der Waals surface area contributed by atoms with Gasteiger partial charge in [-0.2, -0.15) is 0 Å². The van der Waals surface area contributed by atoms with Crippen molar-refractivity contribution in [3.05, 3.63) is 24.3 Å². The second-order valence-electron chi connectivity index (χ2n) is 19.3. The third-order valence-corrected chi connectivity index (χ3v) is 13.0. The molecule has 6 heteroatoms. The zero-order chi connectivity index (χ0) is 45.8. The number of esters is 1. The summed E-state index contributed by atoms with van der Waals surface area (Å²) in [4.78, 5) is 24.5. The van der Waals surface area contributed by atoms with Gasteiger partial charge in [-0.25, -0.2) is 0 Å². The third kappa shape index (κ3) is 49.6. The highest BCUT2D eigenvalue weighted by Crippen LogP contribution is 2.16. The number of amides is 1. The smallest absolute Gasteiger partial charge is 0.305 e. The summed E-state index contributed by atoms with van der Waals surface area (Å²) in [6.07, 6.45) is 63.3. The van der Waals surface area contributed by atoms with Crippen molar-refractivity contribution < 1.29 is 24.5 Å². The molecule has 2 atom stereocenters. The number of aliphatic hydroxyl groups is 2. The topological polar surface area (TPSA) is 95.9 Å². The van der Waals surface area contributed by atoms with E-state index in [1.807, 2.05) is 6.08 Å². The summed E-state index contributed by atoms with van der Waals surface area (Å²) in [6.45, 7) is 4.87. The Hall–Kier alpha value is -1.66. The van der Waals surface area contributed by atoms with E-state index in [0.29, 0.717) is 19.4 Å². The minimum atomic E-state index is -0.857. The molecule has 0 saturated carbocycles. The zero-order valence-corrected chi connectivity index (χ0v) is 42.3. The molecule has 0 aliphatic carbocycles. The number of aliphatic hydroxyl groups excluding tert-OH is 2. The van der Waals surface area contributed by atoms with Crippen molar-refractivity contribution in [2.24, 2.45) is 0 Å². The fourth-order valence-corrected chi connectivity index (χ4v) is 8.63. The van der Waals surface area contributed by atoms with Gasteiger partial charge in [-0.05, 0) is 57.8 Å². The summed E-state index contributed by atoms with van der Waals surface area (Å²) in [5, 5.41) is 23.1. The van der Waals surface area contributed by atoms with Gasteiger partial charge in [0, 0.05) is 12.8 Å². The van der Waals surface area contributed by atoms with Gasteiger partial charge in [0.15, 0.2) is 0 Å². The van der Waals surface area contributed by atoms with Crippen LogP contribution in [0.4, 0.5) is 0 Å². The first-order valence-corrected chi connectivity index (χ1v) is 28.1. The number of hydrogen-bond acceptors (Lipinski definition) is 5. The Balaban J connectivity index is 3.49. The van der Waals surface area contributed by atoms with Crippen molar-refractivity contribution in [3.8, 4) is 0 Å². The molecule has 0 heterocycles. The van der Waals surface area contributed by atoms with Gasteiger partial charge in [-0.3, -0.25) is 9.59 Å². The van der Waals surface area contributed by atoms with Gasteiger partial charge in [-0.1, -0.05) is 256 Å². The Labute approximate surface area is 392 Å². The molecule has 0 rings (SSSR count). The van der Waals surface area contributed by atoms with E-state index in [1.165, 1.54) is 218 Å². The quantitative estimate of drug-likeness (QED) is 0.0321. The molecule has 0 aliphatic rings. The molecule has 0 saturated heterocycles. The summed E-state index contributed by atoms with van der Waals surface area (Å²) < 4.78 is 5.47. The van der Waals surface area contributed by atoms with Crippen LogP contribution in [0.5, 0.6) is 0 Å². The Morgan fingerprint density at radius 3 is 1.13 bits per heavy atom. The predicted octanol–water partition coefficient (Wildman–Crippen LogP) is 17.1. The molecule has 0 radical (unpaired) electrons. The lowest BCUT2D eigenvalue weighted by Gasteiger charge is -2.20. The standard InChI is InChI=1S/C57H109NO5/c1-3-5-7-9-11-13-15-17-19-21-23-24-26-29-33-37-41-45-49-55(60)54(53-59)58-56(61)50-46-42-38-34-30-28-32-36-40-44-48-52-63-57(62)51-47-43-39-35-31-27-25-22-20-18-16-14-12-10-8-6-4-2/h18,20,45,49,54-55,59-60H,3-17,19,21-44,46-48,50-53H2,1-2H3,(H,58,61)/b20-18-,49-45+. The second kappa shape index (κ2) is 53.0. The molecular formula is C57H109NO5. The minimum Gasteiger partial charge on any atom is -0.466 e. The predicted molar refractivity (Wildman–Crippen MR) is 273 cm³/mol. The van der Waals surface area contributed by atoms with E-state index in [2.05, 4.69) is 31.3 Å². The van der Waals surface area contributed by atoms with Crippen LogP contribution in [0.25, 0.3) is 0 Å². The summed E-state index contributed by atoms with van der Waals surface area (Å²) in [5.74, 6) is -0.103. The monoisotopic (exact) mass is 888 g/mol. The number of nitrogens with one attached hydrogen (secondary N) is 1. The van der Waals surface area contributed by atoms with Crippen molar-refractivity contribution in [1.29, 1.82) is 0 Å². The van der Waals surface area contributed by atoms with Crippen LogP contribution in [0, 0.1) is 0 Å². The van der Waals surface area contributed by atoms with Crippen LogP contribution in [0.15, 0.2) is 24.3 Å². The van der Waals surface area contributed by atoms with Crippen LogP contribution in [-0.4, -0.2) is 47.4 Å². The van der Waals surface area contributed by atoms with Gasteiger partial charge >= 0.3 is 5.97 Å². The number of carbonyl (C=O) groups is 2. The SMILES string of the molecule is CCCCCCCC/C=C\CCCCCCCCCC(=O)OCCCCCCCCCCCCCC(=O)NC(CO)C(O)/C=C/CCCCCCCCCCCCCCCCCC. The number of carbonyl (C=O) groups excluding carboxylic acids is 2. The highest BCUT2D eigenvalue weighted by Gasteiger charge is 2.18. The van der Waals surface area contributed by atoms with E-state index in [4.69, 9.17) is 4.74 Å². The molecule has 0 aromatic heterocycles. The number of rotatable bonds is 52. The number of unbranched alkanes of at least 4 members (excludes halogenated alkanes) is 39. The van der Waals surface area contributed by atoms with Crippen molar-refractivity contribution in [2.45, 2.75) is 315 Å².